The molecule has 1 unspecified atom stereocenters. The molecule has 0 fully saturated rings. The van der Waals surface area contributed by atoms with E-state index in [-0.39, 0.29) is 18.4 Å². The summed E-state index contributed by atoms with van der Waals surface area (Å²) in [5.41, 5.74) is 6.27. The first-order chi connectivity index (χ1) is 9.56. The summed E-state index contributed by atoms with van der Waals surface area (Å²) in [5, 5.41) is 9.12. The van der Waals surface area contributed by atoms with Gasteiger partial charge < -0.3 is 21.1 Å². The number of likely N-dealkylation sites (N-methyl/N-ethyl adjacent to an activating group) is 1. The van der Waals surface area contributed by atoms with Crippen molar-refractivity contribution in [1.29, 1.82) is 0 Å². The van der Waals surface area contributed by atoms with Gasteiger partial charge in [0.25, 0.3) is 0 Å². The molecule has 2 amide bonds. The van der Waals surface area contributed by atoms with E-state index in [1.807, 2.05) is 0 Å². The van der Waals surface area contributed by atoms with Gasteiger partial charge in [-0.05, 0) is 12.8 Å². The molecule has 0 bridgehead atoms. The molecule has 8 heteroatoms. The van der Waals surface area contributed by atoms with E-state index in [2.05, 4.69) is 15.7 Å². The summed E-state index contributed by atoms with van der Waals surface area (Å²) in [6.45, 7) is 0.678. The first kappa shape index (κ1) is 16.1. The molecule has 1 aromatic heterocycles. The van der Waals surface area contributed by atoms with Crippen molar-refractivity contribution in [3.63, 3.8) is 0 Å². The minimum Gasteiger partial charge on any atom is -0.385 e. The molecule has 0 spiro atoms. The molecular formula is C12H21N5O3. The fourth-order valence-corrected chi connectivity index (χ4v) is 1.55. The molecule has 0 saturated heterocycles. The largest absolute Gasteiger partial charge is 0.385 e. The second-order valence-corrected chi connectivity index (χ2v) is 4.33. The van der Waals surface area contributed by atoms with E-state index in [9.17, 15) is 9.59 Å². The molecule has 8 nitrogen and oxygen atoms in total. The highest BCUT2D eigenvalue weighted by Gasteiger charge is 2.14. The van der Waals surface area contributed by atoms with Crippen LogP contribution in [-0.4, -0.2) is 48.4 Å². The van der Waals surface area contributed by atoms with E-state index in [0.29, 0.717) is 18.7 Å². The van der Waals surface area contributed by atoms with Gasteiger partial charge in [0, 0.05) is 27.0 Å². The van der Waals surface area contributed by atoms with Gasteiger partial charge in [-0.1, -0.05) is 0 Å². The predicted octanol–water partition coefficient (Wildman–Crippen LogP) is -0.678. The fraction of sp³-hybridized carbons (Fsp3) is 0.583. The van der Waals surface area contributed by atoms with E-state index in [4.69, 9.17) is 10.5 Å². The molecule has 112 valence electrons. The highest BCUT2D eigenvalue weighted by atomic mass is 16.5. The molecule has 1 rings (SSSR count). The fourth-order valence-electron chi connectivity index (χ4n) is 1.55. The van der Waals surface area contributed by atoms with Crippen molar-refractivity contribution in [3.05, 3.63) is 12.4 Å². The van der Waals surface area contributed by atoms with Gasteiger partial charge in [-0.25, -0.2) is 0 Å². The van der Waals surface area contributed by atoms with Crippen LogP contribution in [0.25, 0.3) is 0 Å². The lowest BCUT2D eigenvalue weighted by atomic mass is 10.1. The number of nitrogens with two attached hydrogens (primary N) is 1. The van der Waals surface area contributed by atoms with Crippen LogP contribution in [0.5, 0.6) is 0 Å². The van der Waals surface area contributed by atoms with Gasteiger partial charge in [0.05, 0.1) is 17.9 Å². The maximum atomic E-state index is 11.8. The number of nitrogens with zero attached hydrogens (tertiary/aromatic N) is 2. The van der Waals surface area contributed by atoms with Gasteiger partial charge in [-0.3, -0.25) is 14.3 Å². The molecule has 0 aromatic carbocycles. The summed E-state index contributed by atoms with van der Waals surface area (Å²) in [5.74, 6) is -0.442. The Bertz CT molecular complexity index is 446. The van der Waals surface area contributed by atoms with Gasteiger partial charge in [-0.15, -0.1) is 0 Å². The van der Waals surface area contributed by atoms with Gasteiger partial charge in [0.2, 0.25) is 11.8 Å². The third-order valence-corrected chi connectivity index (χ3v) is 2.69. The quantitative estimate of drug-likeness (QED) is 0.547. The van der Waals surface area contributed by atoms with E-state index < -0.39 is 6.04 Å². The zero-order valence-electron chi connectivity index (χ0n) is 11.8. The van der Waals surface area contributed by atoms with Gasteiger partial charge in [-0.2, -0.15) is 5.10 Å². The highest BCUT2D eigenvalue weighted by molar-refractivity contribution is 5.94. The zero-order chi connectivity index (χ0) is 15.0. The Kier molecular flexibility index (Phi) is 6.68. The Hall–Kier alpha value is -1.93. The third-order valence-electron chi connectivity index (χ3n) is 2.69. The molecule has 4 N–H and O–H groups in total. The number of anilines is 1. The monoisotopic (exact) mass is 283 g/mol. The Labute approximate surface area is 117 Å². The highest BCUT2D eigenvalue weighted by Crippen LogP contribution is 2.06. The van der Waals surface area contributed by atoms with Crippen LogP contribution in [0.4, 0.5) is 5.69 Å². The van der Waals surface area contributed by atoms with E-state index in [1.54, 1.807) is 20.4 Å². The predicted molar refractivity (Wildman–Crippen MR) is 74.0 cm³/mol. The Morgan fingerprint density at radius 1 is 1.55 bits per heavy atom. The molecule has 1 heterocycles. The van der Waals surface area contributed by atoms with Crippen LogP contribution in [0, 0.1) is 0 Å². The van der Waals surface area contributed by atoms with E-state index in [1.165, 1.54) is 10.9 Å². The van der Waals surface area contributed by atoms with Crippen LogP contribution < -0.4 is 16.4 Å². The van der Waals surface area contributed by atoms with Crippen molar-refractivity contribution < 1.29 is 14.3 Å². The van der Waals surface area contributed by atoms with Crippen LogP contribution in [0.15, 0.2) is 12.4 Å². The standard InChI is InChI=1S/C12H21N5O3/c1-14-11(18)8-17-7-9(6-15-17)16-12(19)10(13)4-3-5-20-2/h6-7,10H,3-5,8,13H2,1-2H3,(H,14,18)(H,16,19). The van der Waals surface area contributed by atoms with Gasteiger partial charge in [0.15, 0.2) is 0 Å². The summed E-state index contributed by atoms with van der Waals surface area (Å²) >= 11 is 0. The van der Waals surface area contributed by atoms with Crippen LogP contribution in [0.3, 0.4) is 0 Å². The minimum absolute atomic E-state index is 0.103. The second kappa shape index (κ2) is 8.28. The molecule has 1 atom stereocenters. The Balaban J connectivity index is 2.43. The van der Waals surface area contributed by atoms with Crippen LogP contribution in [0.2, 0.25) is 0 Å². The van der Waals surface area contributed by atoms with E-state index in [0.717, 1.165) is 6.42 Å². The lowest BCUT2D eigenvalue weighted by molar-refractivity contribution is -0.121. The molecule has 1 aromatic rings. The number of ether oxygens (including phenoxy) is 1. The average Bonchev–Trinajstić information content (AvgIpc) is 2.85. The molecule has 0 aliphatic rings. The Morgan fingerprint density at radius 3 is 2.95 bits per heavy atom. The molecule has 0 aliphatic carbocycles. The van der Waals surface area contributed by atoms with Crippen molar-refractivity contribution in [2.75, 3.05) is 26.1 Å². The van der Waals surface area contributed by atoms with Crippen molar-refractivity contribution in [3.8, 4) is 0 Å². The first-order valence-corrected chi connectivity index (χ1v) is 6.35. The zero-order valence-corrected chi connectivity index (χ0v) is 11.8. The van der Waals surface area contributed by atoms with Crippen molar-refractivity contribution >= 4 is 17.5 Å². The van der Waals surface area contributed by atoms with E-state index >= 15 is 0 Å². The van der Waals surface area contributed by atoms with Crippen LogP contribution in [0.1, 0.15) is 12.8 Å². The molecule has 0 radical (unpaired) electrons. The summed E-state index contributed by atoms with van der Waals surface area (Å²) < 4.78 is 6.34. The molecular weight excluding hydrogens is 262 g/mol. The van der Waals surface area contributed by atoms with Gasteiger partial charge >= 0.3 is 0 Å². The normalized spacial score (nSPS) is 11.9. The lowest BCUT2D eigenvalue weighted by Gasteiger charge is -2.10. The molecule has 0 saturated carbocycles. The average molecular weight is 283 g/mol. The number of carbonyl (C=O) groups excluding carboxylic acids is 2. The van der Waals surface area contributed by atoms with Gasteiger partial charge in [0.1, 0.15) is 6.54 Å². The number of hydrogen-bond acceptors (Lipinski definition) is 5. The Morgan fingerprint density at radius 2 is 2.30 bits per heavy atom. The lowest BCUT2D eigenvalue weighted by Crippen LogP contribution is -2.35. The van der Waals surface area contributed by atoms with Crippen molar-refractivity contribution in [2.45, 2.75) is 25.4 Å². The van der Waals surface area contributed by atoms with Crippen LogP contribution >= 0.6 is 0 Å². The second-order valence-electron chi connectivity index (χ2n) is 4.33. The summed E-state index contributed by atoms with van der Waals surface area (Å²) in [6.07, 6.45) is 4.32. The smallest absolute Gasteiger partial charge is 0.241 e. The van der Waals surface area contributed by atoms with Crippen LogP contribution in [-0.2, 0) is 20.9 Å². The number of carbonyl (C=O) groups is 2. The third kappa shape index (κ3) is 5.37. The maximum absolute atomic E-state index is 11.8. The van der Waals surface area contributed by atoms with Crippen molar-refractivity contribution in [2.24, 2.45) is 5.73 Å². The number of rotatable bonds is 8. The summed E-state index contributed by atoms with van der Waals surface area (Å²) in [4.78, 5) is 23.0. The van der Waals surface area contributed by atoms with Crippen molar-refractivity contribution in [1.82, 2.24) is 15.1 Å². The SMILES string of the molecule is CNC(=O)Cn1cc(NC(=O)C(N)CCCOC)cn1. The number of methoxy groups -OCH3 is 1. The summed E-state index contributed by atoms with van der Waals surface area (Å²) in [6, 6.07) is -0.590. The first-order valence-electron chi connectivity index (χ1n) is 6.35. The number of amides is 2. The number of aromatic nitrogens is 2. The number of hydrogen-bond donors (Lipinski definition) is 3. The topological polar surface area (TPSA) is 111 Å². The molecule has 0 aliphatic heterocycles. The molecule has 20 heavy (non-hydrogen) atoms. The maximum Gasteiger partial charge on any atom is 0.241 e. The minimum atomic E-state index is -0.590. The number of nitrogens with one attached hydrogen (secondary N) is 2. The summed E-state index contributed by atoms with van der Waals surface area (Å²) in [7, 11) is 3.15.